The minimum absolute atomic E-state index is 0.0789. The Hall–Kier alpha value is -1.97. The molecule has 0 saturated carbocycles. The standard InChI is InChI=1S/C12H14O4/c1-8-9(5-7-11(14)15-2)4-6-10(13)12(8)16-3/h4-7,13H,1-3H3. The summed E-state index contributed by atoms with van der Waals surface area (Å²) in [7, 11) is 2.80. The first-order valence-electron chi connectivity index (χ1n) is 4.72. The van der Waals surface area contributed by atoms with Gasteiger partial charge >= 0.3 is 5.97 Å². The van der Waals surface area contributed by atoms with Crippen molar-refractivity contribution in [2.24, 2.45) is 0 Å². The smallest absolute Gasteiger partial charge is 0.330 e. The third-order valence-corrected chi connectivity index (χ3v) is 2.23. The molecule has 16 heavy (non-hydrogen) atoms. The molecule has 1 rings (SSSR count). The van der Waals surface area contributed by atoms with Crippen molar-refractivity contribution in [2.45, 2.75) is 6.92 Å². The molecule has 0 aromatic heterocycles. The maximum absolute atomic E-state index is 10.9. The van der Waals surface area contributed by atoms with E-state index in [2.05, 4.69) is 4.74 Å². The molecule has 1 N–H and O–H groups in total. The molecule has 4 nitrogen and oxygen atoms in total. The van der Waals surface area contributed by atoms with Gasteiger partial charge in [-0.25, -0.2) is 4.79 Å². The average Bonchev–Trinajstić information content (AvgIpc) is 2.28. The lowest BCUT2D eigenvalue weighted by atomic mass is 10.1. The molecule has 0 bridgehead atoms. The quantitative estimate of drug-likeness (QED) is 0.626. The van der Waals surface area contributed by atoms with Gasteiger partial charge in [-0.1, -0.05) is 6.07 Å². The van der Waals surface area contributed by atoms with Crippen molar-refractivity contribution in [3.05, 3.63) is 29.3 Å². The number of phenols is 1. The Bertz CT molecular complexity index is 421. The number of rotatable bonds is 3. The third-order valence-electron chi connectivity index (χ3n) is 2.23. The van der Waals surface area contributed by atoms with Crippen molar-refractivity contribution in [1.29, 1.82) is 0 Å². The summed E-state index contributed by atoms with van der Waals surface area (Å²) in [6.45, 7) is 1.80. The van der Waals surface area contributed by atoms with E-state index in [0.29, 0.717) is 5.75 Å². The summed E-state index contributed by atoms with van der Waals surface area (Å²) in [5.74, 6) is 0.0636. The molecule has 0 heterocycles. The highest BCUT2D eigenvalue weighted by molar-refractivity contribution is 5.87. The highest BCUT2D eigenvalue weighted by Gasteiger charge is 2.07. The van der Waals surface area contributed by atoms with Crippen molar-refractivity contribution in [1.82, 2.24) is 0 Å². The molecule has 0 fully saturated rings. The number of phenolic OH excluding ortho intramolecular Hbond substituents is 1. The van der Waals surface area contributed by atoms with E-state index in [4.69, 9.17) is 4.74 Å². The predicted molar refractivity (Wildman–Crippen MR) is 60.4 cm³/mol. The number of methoxy groups -OCH3 is 2. The Morgan fingerprint density at radius 1 is 1.38 bits per heavy atom. The van der Waals surface area contributed by atoms with Gasteiger partial charge in [0, 0.05) is 11.6 Å². The first-order chi connectivity index (χ1) is 7.60. The van der Waals surface area contributed by atoms with E-state index < -0.39 is 5.97 Å². The lowest BCUT2D eigenvalue weighted by molar-refractivity contribution is -0.134. The van der Waals surface area contributed by atoms with E-state index in [-0.39, 0.29) is 5.75 Å². The molecule has 4 heteroatoms. The van der Waals surface area contributed by atoms with Gasteiger partial charge in [-0.2, -0.15) is 0 Å². The Labute approximate surface area is 94.1 Å². The number of hydrogen-bond acceptors (Lipinski definition) is 4. The number of aromatic hydroxyl groups is 1. The van der Waals surface area contributed by atoms with Crippen LogP contribution in [0.3, 0.4) is 0 Å². The highest BCUT2D eigenvalue weighted by Crippen LogP contribution is 2.32. The summed E-state index contributed by atoms with van der Waals surface area (Å²) in [4.78, 5) is 10.9. The van der Waals surface area contributed by atoms with E-state index in [1.165, 1.54) is 26.4 Å². The first kappa shape index (κ1) is 12.1. The summed E-state index contributed by atoms with van der Waals surface area (Å²) < 4.78 is 9.54. The normalized spacial score (nSPS) is 10.4. The summed E-state index contributed by atoms with van der Waals surface area (Å²) in [5, 5.41) is 9.50. The molecule has 0 unspecified atom stereocenters. The van der Waals surface area contributed by atoms with E-state index in [0.717, 1.165) is 11.1 Å². The molecule has 1 aromatic carbocycles. The minimum atomic E-state index is -0.425. The molecule has 0 aliphatic heterocycles. The van der Waals surface area contributed by atoms with Crippen LogP contribution in [0.2, 0.25) is 0 Å². The minimum Gasteiger partial charge on any atom is -0.504 e. The predicted octanol–water partition coefficient (Wildman–Crippen LogP) is 1.90. The monoisotopic (exact) mass is 222 g/mol. The average molecular weight is 222 g/mol. The van der Waals surface area contributed by atoms with E-state index in [9.17, 15) is 9.90 Å². The fourth-order valence-corrected chi connectivity index (χ4v) is 1.36. The number of esters is 1. The van der Waals surface area contributed by atoms with Crippen molar-refractivity contribution in [3.8, 4) is 11.5 Å². The maximum Gasteiger partial charge on any atom is 0.330 e. The number of benzene rings is 1. The van der Waals surface area contributed by atoms with Crippen LogP contribution in [0, 0.1) is 6.92 Å². The lowest BCUT2D eigenvalue weighted by Crippen LogP contribution is -1.94. The lowest BCUT2D eigenvalue weighted by Gasteiger charge is -2.09. The van der Waals surface area contributed by atoms with Gasteiger partial charge in [-0.05, 0) is 24.6 Å². The van der Waals surface area contributed by atoms with Crippen molar-refractivity contribution in [2.75, 3.05) is 14.2 Å². The van der Waals surface area contributed by atoms with Crippen LogP contribution in [-0.4, -0.2) is 25.3 Å². The van der Waals surface area contributed by atoms with Crippen LogP contribution in [0.15, 0.2) is 18.2 Å². The summed E-state index contributed by atoms with van der Waals surface area (Å²) in [6.07, 6.45) is 2.93. The second kappa shape index (κ2) is 5.21. The number of ether oxygens (including phenoxy) is 2. The number of hydrogen-bond donors (Lipinski definition) is 1. The van der Waals surface area contributed by atoms with Gasteiger partial charge in [0.05, 0.1) is 14.2 Å². The van der Waals surface area contributed by atoms with Gasteiger partial charge in [0.15, 0.2) is 11.5 Å². The molecule has 0 atom stereocenters. The molecule has 0 amide bonds. The van der Waals surface area contributed by atoms with Crippen LogP contribution >= 0.6 is 0 Å². The Morgan fingerprint density at radius 2 is 2.06 bits per heavy atom. The van der Waals surface area contributed by atoms with Crippen LogP contribution in [0.25, 0.3) is 6.08 Å². The Balaban J connectivity index is 3.07. The molecule has 1 aromatic rings. The van der Waals surface area contributed by atoms with Gasteiger partial charge in [0.25, 0.3) is 0 Å². The van der Waals surface area contributed by atoms with Gasteiger partial charge in [0.1, 0.15) is 0 Å². The largest absolute Gasteiger partial charge is 0.504 e. The first-order valence-corrected chi connectivity index (χ1v) is 4.72. The topological polar surface area (TPSA) is 55.8 Å². The molecule has 0 spiro atoms. The van der Waals surface area contributed by atoms with Gasteiger partial charge in [-0.15, -0.1) is 0 Å². The number of carbonyl (C=O) groups is 1. The fourth-order valence-electron chi connectivity index (χ4n) is 1.36. The third kappa shape index (κ3) is 2.53. The molecular weight excluding hydrogens is 208 g/mol. The zero-order valence-electron chi connectivity index (χ0n) is 9.48. The number of carbonyl (C=O) groups excluding carboxylic acids is 1. The van der Waals surface area contributed by atoms with E-state index in [1.54, 1.807) is 19.1 Å². The maximum atomic E-state index is 10.9. The fraction of sp³-hybridized carbons (Fsp3) is 0.250. The zero-order valence-corrected chi connectivity index (χ0v) is 9.48. The van der Waals surface area contributed by atoms with Crippen molar-refractivity contribution < 1.29 is 19.4 Å². The summed E-state index contributed by atoms with van der Waals surface area (Å²) in [5.41, 5.74) is 1.56. The molecule has 0 aliphatic rings. The van der Waals surface area contributed by atoms with Gasteiger partial charge in [0.2, 0.25) is 0 Å². The zero-order chi connectivity index (χ0) is 12.1. The van der Waals surface area contributed by atoms with Crippen LogP contribution < -0.4 is 4.74 Å². The molecule has 0 aliphatic carbocycles. The highest BCUT2D eigenvalue weighted by atomic mass is 16.5. The SMILES string of the molecule is COC(=O)C=Cc1ccc(O)c(OC)c1C. The van der Waals surface area contributed by atoms with Crippen LogP contribution in [0.5, 0.6) is 11.5 Å². The summed E-state index contributed by atoms with van der Waals surface area (Å²) in [6, 6.07) is 3.22. The van der Waals surface area contributed by atoms with E-state index >= 15 is 0 Å². The van der Waals surface area contributed by atoms with Crippen molar-refractivity contribution in [3.63, 3.8) is 0 Å². The Kier molecular flexibility index (Phi) is 3.94. The molecule has 0 saturated heterocycles. The molecule has 0 radical (unpaired) electrons. The van der Waals surface area contributed by atoms with Crippen molar-refractivity contribution >= 4 is 12.0 Å². The molecular formula is C12H14O4. The van der Waals surface area contributed by atoms with Gasteiger partial charge in [-0.3, -0.25) is 0 Å². The van der Waals surface area contributed by atoms with Crippen LogP contribution in [0.4, 0.5) is 0 Å². The van der Waals surface area contributed by atoms with Crippen LogP contribution in [0.1, 0.15) is 11.1 Å². The van der Waals surface area contributed by atoms with E-state index in [1.807, 2.05) is 0 Å². The second-order valence-electron chi connectivity index (χ2n) is 3.19. The Morgan fingerprint density at radius 3 is 2.62 bits per heavy atom. The van der Waals surface area contributed by atoms with Gasteiger partial charge < -0.3 is 14.6 Å². The molecule has 86 valence electrons. The van der Waals surface area contributed by atoms with Crippen LogP contribution in [-0.2, 0) is 9.53 Å². The summed E-state index contributed by atoms with van der Waals surface area (Å²) >= 11 is 0. The second-order valence-corrected chi connectivity index (χ2v) is 3.19.